The second-order valence-electron chi connectivity index (χ2n) is 8.37. The molecule has 1 N–H and O–H groups in total. The number of sulfonamides is 1. The first-order chi connectivity index (χ1) is 16.6. The second kappa shape index (κ2) is 8.12. The lowest BCUT2D eigenvalue weighted by Gasteiger charge is -2.23. The zero-order valence-corrected chi connectivity index (χ0v) is 19.7. The van der Waals surface area contributed by atoms with Crippen molar-refractivity contribution in [2.45, 2.75) is 31.1 Å². The smallest absolute Gasteiger partial charge is 0.272 e. The maximum Gasteiger partial charge on any atom is 0.272 e. The molecule has 4 aromatic rings. The Balaban J connectivity index is 1.60. The molecule has 1 aromatic carbocycles. The molecule has 35 heavy (non-hydrogen) atoms. The SMILES string of the molecule is Cc1ccc(S(=O)(=O)N2CCc3c(nn(-c4ccc(C(C)(F)F)cn4)c3O)-c3cccnc32)cc1. The summed E-state index contributed by atoms with van der Waals surface area (Å²) < 4.78 is 56.5. The van der Waals surface area contributed by atoms with Crippen molar-refractivity contribution < 1.29 is 22.3 Å². The number of rotatable bonds is 4. The second-order valence-corrected chi connectivity index (χ2v) is 10.2. The van der Waals surface area contributed by atoms with Crippen LogP contribution in [0.2, 0.25) is 0 Å². The van der Waals surface area contributed by atoms with Crippen LogP contribution < -0.4 is 4.31 Å². The van der Waals surface area contributed by atoms with Crippen LogP contribution in [0.3, 0.4) is 0 Å². The Morgan fingerprint density at radius 3 is 2.46 bits per heavy atom. The molecule has 0 radical (unpaired) electrons. The Labute approximate surface area is 200 Å². The van der Waals surface area contributed by atoms with E-state index in [4.69, 9.17) is 0 Å². The Hall–Kier alpha value is -3.86. The van der Waals surface area contributed by atoms with Gasteiger partial charge in [-0.15, -0.1) is 0 Å². The molecule has 0 fully saturated rings. The average molecular weight is 498 g/mol. The number of pyridine rings is 2. The van der Waals surface area contributed by atoms with Crippen molar-refractivity contribution in [1.29, 1.82) is 0 Å². The minimum Gasteiger partial charge on any atom is -0.493 e. The summed E-state index contributed by atoms with van der Waals surface area (Å²) in [6.07, 6.45) is 2.67. The van der Waals surface area contributed by atoms with Gasteiger partial charge in [0, 0.05) is 42.6 Å². The van der Waals surface area contributed by atoms with Crippen molar-refractivity contribution in [2.24, 2.45) is 0 Å². The zero-order chi connectivity index (χ0) is 25.0. The molecule has 0 saturated heterocycles. The molecule has 8 nitrogen and oxygen atoms in total. The normalized spacial score (nSPS) is 13.8. The Morgan fingerprint density at radius 2 is 1.80 bits per heavy atom. The van der Waals surface area contributed by atoms with Crippen LogP contribution in [0.25, 0.3) is 17.1 Å². The van der Waals surface area contributed by atoms with Crippen LogP contribution in [0.4, 0.5) is 14.6 Å². The molecular formula is C24H21F2N5O3S. The molecule has 0 unspecified atom stereocenters. The molecule has 4 heterocycles. The van der Waals surface area contributed by atoms with Gasteiger partial charge in [-0.05, 0) is 49.7 Å². The van der Waals surface area contributed by atoms with E-state index in [1.54, 1.807) is 36.4 Å². The van der Waals surface area contributed by atoms with Gasteiger partial charge in [-0.2, -0.15) is 9.78 Å². The monoisotopic (exact) mass is 497 g/mol. The highest BCUT2D eigenvalue weighted by atomic mass is 32.2. The van der Waals surface area contributed by atoms with Gasteiger partial charge in [0.1, 0.15) is 5.69 Å². The first kappa shape index (κ1) is 22.9. The molecule has 5 rings (SSSR count). The van der Waals surface area contributed by atoms with Gasteiger partial charge in [-0.25, -0.2) is 31.5 Å². The number of fused-ring (bicyclic) bond motifs is 3. The minimum atomic E-state index is -3.93. The minimum absolute atomic E-state index is 0.0148. The lowest BCUT2D eigenvalue weighted by Crippen LogP contribution is -2.33. The van der Waals surface area contributed by atoms with Gasteiger partial charge < -0.3 is 5.11 Å². The van der Waals surface area contributed by atoms with Gasteiger partial charge in [-0.1, -0.05) is 17.7 Å². The lowest BCUT2D eigenvalue weighted by molar-refractivity contribution is 0.0171. The highest BCUT2D eigenvalue weighted by molar-refractivity contribution is 7.92. The number of nitrogens with zero attached hydrogens (tertiary/aromatic N) is 5. The molecule has 0 bridgehead atoms. The number of alkyl halides is 2. The van der Waals surface area contributed by atoms with Crippen molar-refractivity contribution in [1.82, 2.24) is 19.7 Å². The molecule has 1 aliphatic rings. The van der Waals surface area contributed by atoms with Crippen LogP contribution >= 0.6 is 0 Å². The number of benzene rings is 1. The van der Waals surface area contributed by atoms with E-state index in [-0.39, 0.29) is 40.9 Å². The summed E-state index contributed by atoms with van der Waals surface area (Å²) in [4.78, 5) is 8.50. The van der Waals surface area contributed by atoms with Gasteiger partial charge in [0.25, 0.3) is 15.9 Å². The van der Waals surface area contributed by atoms with Gasteiger partial charge in [0.15, 0.2) is 11.6 Å². The molecule has 0 aliphatic carbocycles. The Morgan fingerprint density at radius 1 is 1.06 bits per heavy atom. The van der Waals surface area contributed by atoms with E-state index in [2.05, 4.69) is 15.1 Å². The first-order valence-electron chi connectivity index (χ1n) is 10.8. The predicted molar refractivity (Wildman–Crippen MR) is 125 cm³/mol. The number of hydrogen-bond acceptors (Lipinski definition) is 6. The summed E-state index contributed by atoms with van der Waals surface area (Å²) in [6.45, 7) is 2.66. The van der Waals surface area contributed by atoms with E-state index >= 15 is 0 Å². The van der Waals surface area contributed by atoms with E-state index < -0.39 is 15.9 Å². The largest absolute Gasteiger partial charge is 0.493 e. The maximum absolute atomic E-state index is 13.6. The summed E-state index contributed by atoms with van der Waals surface area (Å²) in [5.74, 6) is -2.96. The third-order valence-electron chi connectivity index (χ3n) is 5.88. The van der Waals surface area contributed by atoms with Crippen molar-refractivity contribution in [3.63, 3.8) is 0 Å². The van der Waals surface area contributed by atoms with Crippen LogP contribution in [-0.4, -0.2) is 39.8 Å². The average Bonchev–Trinajstić information content (AvgIpc) is 3.05. The quantitative estimate of drug-likeness (QED) is 0.453. The molecule has 1 aliphatic heterocycles. The highest BCUT2D eigenvalue weighted by Gasteiger charge is 2.34. The summed E-state index contributed by atoms with van der Waals surface area (Å²) in [7, 11) is -3.93. The Kier molecular flexibility index (Phi) is 5.32. The van der Waals surface area contributed by atoms with Crippen molar-refractivity contribution in [3.05, 3.63) is 77.6 Å². The fourth-order valence-electron chi connectivity index (χ4n) is 3.99. The fraction of sp³-hybridized carbons (Fsp3) is 0.208. The molecule has 180 valence electrons. The summed E-state index contributed by atoms with van der Waals surface area (Å²) in [6, 6.07) is 12.4. The van der Waals surface area contributed by atoms with Gasteiger partial charge in [-0.3, -0.25) is 0 Å². The van der Waals surface area contributed by atoms with Crippen LogP contribution in [-0.2, 0) is 22.4 Å². The highest BCUT2D eigenvalue weighted by Crippen LogP contribution is 2.40. The number of aromatic hydroxyl groups is 1. The van der Waals surface area contributed by atoms with Crippen molar-refractivity contribution in [2.75, 3.05) is 10.8 Å². The van der Waals surface area contributed by atoms with Crippen LogP contribution in [0.1, 0.15) is 23.6 Å². The molecule has 3 aromatic heterocycles. The zero-order valence-electron chi connectivity index (χ0n) is 18.9. The number of hydrogen-bond donors (Lipinski definition) is 1. The lowest BCUT2D eigenvalue weighted by atomic mass is 10.1. The van der Waals surface area contributed by atoms with Crippen LogP contribution in [0.5, 0.6) is 5.88 Å². The number of halogens is 2. The van der Waals surface area contributed by atoms with E-state index in [1.807, 2.05) is 6.92 Å². The molecule has 0 amide bonds. The van der Waals surface area contributed by atoms with E-state index in [0.29, 0.717) is 16.8 Å². The summed E-state index contributed by atoms with van der Waals surface area (Å²) in [5.41, 5.74) is 1.84. The first-order valence-corrected chi connectivity index (χ1v) is 12.2. The maximum atomic E-state index is 13.6. The van der Waals surface area contributed by atoms with Crippen molar-refractivity contribution in [3.8, 4) is 23.0 Å². The van der Waals surface area contributed by atoms with Gasteiger partial charge >= 0.3 is 0 Å². The van der Waals surface area contributed by atoms with E-state index in [0.717, 1.165) is 23.4 Å². The Bertz CT molecular complexity index is 1510. The topological polar surface area (TPSA) is 101 Å². The van der Waals surface area contributed by atoms with Crippen molar-refractivity contribution >= 4 is 15.8 Å². The third-order valence-corrected chi connectivity index (χ3v) is 7.68. The summed E-state index contributed by atoms with van der Waals surface area (Å²) >= 11 is 0. The molecule has 0 saturated carbocycles. The van der Waals surface area contributed by atoms with Gasteiger partial charge in [0.05, 0.1) is 4.90 Å². The predicted octanol–water partition coefficient (Wildman–Crippen LogP) is 4.21. The van der Waals surface area contributed by atoms with Crippen LogP contribution in [0, 0.1) is 6.92 Å². The van der Waals surface area contributed by atoms with E-state index in [1.165, 1.54) is 22.6 Å². The van der Waals surface area contributed by atoms with Crippen LogP contribution in [0.15, 0.2) is 65.8 Å². The summed E-state index contributed by atoms with van der Waals surface area (Å²) in [5, 5.41) is 15.4. The molecule has 0 atom stereocenters. The number of anilines is 1. The number of aromatic nitrogens is 4. The standard InChI is InChI=1S/C24H21F2N5O3S/c1-15-5-8-17(9-6-15)35(33,34)30-13-11-19-21(18-4-3-12-27-22(18)30)29-31(23(19)32)20-10-7-16(14-28-20)24(2,25)26/h3-10,12,14,32H,11,13H2,1-2H3. The third kappa shape index (κ3) is 3.91. The molecule has 0 spiro atoms. The number of aryl methyl sites for hydroxylation is 1. The van der Waals surface area contributed by atoms with Gasteiger partial charge in [0.2, 0.25) is 5.88 Å². The fourth-order valence-corrected chi connectivity index (χ4v) is 5.43. The molecule has 11 heteroatoms. The van der Waals surface area contributed by atoms with E-state index in [9.17, 15) is 22.3 Å². The molecular weight excluding hydrogens is 476 g/mol.